The van der Waals surface area contributed by atoms with Crippen molar-refractivity contribution in [3.8, 4) is 0 Å². The molecule has 3 aromatic rings. The fourth-order valence-corrected chi connectivity index (χ4v) is 4.83. The first-order chi connectivity index (χ1) is 13.8. The molecule has 0 bridgehead atoms. The SMILES string of the molecule is Cc1ccc(S(=O)(=O)Nc2ccccc2SCc2ccc(Cl)cc2)cc1[N+](=O)[O-]. The molecule has 0 aliphatic carbocycles. The lowest BCUT2D eigenvalue weighted by Crippen LogP contribution is -2.14. The topological polar surface area (TPSA) is 89.3 Å². The average Bonchev–Trinajstić information content (AvgIpc) is 2.68. The molecule has 6 nitrogen and oxygen atoms in total. The van der Waals surface area contributed by atoms with E-state index < -0.39 is 14.9 Å². The maximum atomic E-state index is 12.8. The van der Waals surface area contributed by atoms with Crippen molar-refractivity contribution in [1.82, 2.24) is 0 Å². The lowest BCUT2D eigenvalue weighted by atomic mass is 10.2. The second kappa shape index (κ2) is 8.86. The Morgan fingerprint density at radius 3 is 2.45 bits per heavy atom. The van der Waals surface area contributed by atoms with Gasteiger partial charge in [0.25, 0.3) is 15.7 Å². The number of thioether (sulfide) groups is 1. The third-order valence-corrected chi connectivity index (χ3v) is 6.89. The van der Waals surface area contributed by atoms with Crippen molar-refractivity contribution in [2.45, 2.75) is 22.5 Å². The molecule has 0 amide bonds. The largest absolute Gasteiger partial charge is 0.278 e. The minimum Gasteiger partial charge on any atom is -0.278 e. The molecule has 0 saturated heterocycles. The van der Waals surface area contributed by atoms with Crippen LogP contribution in [-0.4, -0.2) is 13.3 Å². The van der Waals surface area contributed by atoms with E-state index in [1.807, 2.05) is 24.3 Å². The Bertz CT molecular complexity index is 1150. The number of rotatable bonds is 7. The average molecular weight is 449 g/mol. The smallest absolute Gasteiger partial charge is 0.273 e. The molecule has 3 rings (SSSR count). The number of para-hydroxylation sites is 1. The van der Waals surface area contributed by atoms with Crippen molar-refractivity contribution >= 4 is 44.8 Å². The summed E-state index contributed by atoms with van der Waals surface area (Å²) >= 11 is 7.37. The zero-order valence-electron chi connectivity index (χ0n) is 15.3. The molecule has 0 aliphatic heterocycles. The molecule has 0 fully saturated rings. The lowest BCUT2D eigenvalue weighted by Gasteiger charge is -2.13. The van der Waals surface area contributed by atoms with Crippen LogP contribution in [0.3, 0.4) is 0 Å². The molecule has 1 N–H and O–H groups in total. The highest BCUT2D eigenvalue weighted by Crippen LogP contribution is 2.32. The fraction of sp³-hybridized carbons (Fsp3) is 0.100. The summed E-state index contributed by atoms with van der Waals surface area (Å²) in [5.41, 5.74) is 1.62. The van der Waals surface area contributed by atoms with Crippen LogP contribution in [0.1, 0.15) is 11.1 Å². The number of aryl methyl sites for hydroxylation is 1. The molecule has 3 aromatic carbocycles. The summed E-state index contributed by atoms with van der Waals surface area (Å²) in [7, 11) is -3.98. The number of nitro benzene ring substituents is 1. The van der Waals surface area contributed by atoms with Crippen LogP contribution in [0.25, 0.3) is 0 Å². The lowest BCUT2D eigenvalue weighted by molar-refractivity contribution is -0.385. The van der Waals surface area contributed by atoms with Gasteiger partial charge in [-0.25, -0.2) is 8.42 Å². The molecule has 29 heavy (non-hydrogen) atoms. The number of hydrogen-bond acceptors (Lipinski definition) is 5. The molecule has 9 heteroatoms. The van der Waals surface area contributed by atoms with E-state index in [2.05, 4.69) is 4.72 Å². The summed E-state index contributed by atoms with van der Waals surface area (Å²) in [4.78, 5) is 11.1. The minimum absolute atomic E-state index is 0.160. The van der Waals surface area contributed by atoms with Gasteiger partial charge in [-0.1, -0.05) is 41.9 Å². The van der Waals surface area contributed by atoms with E-state index >= 15 is 0 Å². The van der Waals surface area contributed by atoms with Crippen LogP contribution in [0, 0.1) is 17.0 Å². The summed E-state index contributed by atoms with van der Waals surface area (Å²) < 4.78 is 28.1. The van der Waals surface area contributed by atoms with Crippen LogP contribution in [0.15, 0.2) is 76.5 Å². The van der Waals surface area contributed by atoms with Gasteiger partial charge < -0.3 is 0 Å². The summed E-state index contributed by atoms with van der Waals surface area (Å²) in [6, 6.07) is 18.3. The monoisotopic (exact) mass is 448 g/mol. The molecule has 0 aromatic heterocycles. The van der Waals surface area contributed by atoms with Crippen molar-refractivity contribution in [1.29, 1.82) is 0 Å². The summed E-state index contributed by atoms with van der Waals surface area (Å²) in [5, 5.41) is 11.8. The number of nitrogens with zero attached hydrogens (tertiary/aromatic N) is 1. The van der Waals surface area contributed by atoms with E-state index in [4.69, 9.17) is 11.6 Å². The van der Waals surface area contributed by atoms with Gasteiger partial charge in [0.2, 0.25) is 0 Å². The molecule has 0 aliphatic rings. The molecule has 0 saturated carbocycles. The van der Waals surface area contributed by atoms with Gasteiger partial charge in [-0.05, 0) is 42.8 Å². The van der Waals surface area contributed by atoms with Gasteiger partial charge in [0.15, 0.2) is 0 Å². The first-order valence-electron chi connectivity index (χ1n) is 8.50. The van der Waals surface area contributed by atoms with E-state index in [0.717, 1.165) is 16.5 Å². The van der Waals surface area contributed by atoms with Crippen molar-refractivity contribution in [3.05, 3.63) is 93.0 Å². The number of halogens is 1. The number of hydrogen-bond donors (Lipinski definition) is 1. The number of nitro groups is 1. The van der Waals surface area contributed by atoms with Gasteiger partial charge in [-0.2, -0.15) is 0 Å². The normalized spacial score (nSPS) is 11.2. The maximum Gasteiger partial charge on any atom is 0.273 e. The first-order valence-corrected chi connectivity index (χ1v) is 11.3. The predicted molar refractivity (Wildman–Crippen MR) is 116 cm³/mol. The number of sulfonamides is 1. The van der Waals surface area contributed by atoms with Gasteiger partial charge in [-0.3, -0.25) is 14.8 Å². The molecular formula is C20H17ClN2O4S2. The molecule has 0 radical (unpaired) electrons. The highest BCUT2D eigenvalue weighted by Gasteiger charge is 2.21. The Morgan fingerprint density at radius 1 is 1.07 bits per heavy atom. The van der Waals surface area contributed by atoms with Crippen molar-refractivity contribution in [3.63, 3.8) is 0 Å². The molecule has 150 valence electrons. The predicted octanol–water partition coefficient (Wildman–Crippen LogP) is 5.65. The van der Waals surface area contributed by atoms with Gasteiger partial charge in [-0.15, -0.1) is 11.8 Å². The van der Waals surface area contributed by atoms with Crippen LogP contribution in [0.2, 0.25) is 5.02 Å². The van der Waals surface area contributed by atoms with Crippen LogP contribution in [0.5, 0.6) is 0 Å². The Hall–Kier alpha value is -2.55. The van der Waals surface area contributed by atoms with Crippen molar-refractivity contribution in [2.75, 3.05) is 4.72 Å². The maximum absolute atomic E-state index is 12.8. The Kier molecular flexibility index (Phi) is 6.46. The van der Waals surface area contributed by atoms with Crippen LogP contribution < -0.4 is 4.72 Å². The highest BCUT2D eigenvalue weighted by molar-refractivity contribution is 7.98. The first kappa shape index (κ1) is 21.2. The minimum atomic E-state index is -3.98. The van der Waals surface area contributed by atoms with Crippen molar-refractivity contribution < 1.29 is 13.3 Å². The van der Waals surface area contributed by atoms with Crippen LogP contribution in [0.4, 0.5) is 11.4 Å². The summed E-state index contributed by atoms with van der Waals surface area (Å²) in [6.45, 7) is 1.56. The third-order valence-electron chi connectivity index (χ3n) is 4.13. The van der Waals surface area contributed by atoms with Gasteiger partial charge in [0.05, 0.1) is 15.5 Å². The van der Waals surface area contributed by atoms with E-state index in [-0.39, 0.29) is 10.6 Å². The number of benzene rings is 3. The van der Waals surface area contributed by atoms with Gasteiger partial charge >= 0.3 is 0 Å². The highest BCUT2D eigenvalue weighted by atomic mass is 35.5. The second-order valence-electron chi connectivity index (χ2n) is 6.22. The zero-order valence-corrected chi connectivity index (χ0v) is 17.7. The molecule has 0 spiro atoms. The Morgan fingerprint density at radius 2 is 1.76 bits per heavy atom. The van der Waals surface area contributed by atoms with Gasteiger partial charge in [0, 0.05) is 27.3 Å². The third kappa shape index (κ3) is 5.29. The summed E-state index contributed by atoms with van der Waals surface area (Å²) in [6.07, 6.45) is 0. The Balaban J connectivity index is 1.83. The number of nitrogens with one attached hydrogen (secondary N) is 1. The zero-order chi connectivity index (χ0) is 21.0. The van der Waals surface area contributed by atoms with Crippen LogP contribution in [-0.2, 0) is 15.8 Å². The fourth-order valence-electron chi connectivity index (χ4n) is 2.58. The Labute approximate surface area is 178 Å². The quantitative estimate of drug-likeness (QED) is 0.286. The van der Waals surface area contributed by atoms with E-state index in [0.29, 0.717) is 22.0 Å². The van der Waals surface area contributed by atoms with E-state index in [9.17, 15) is 18.5 Å². The standard InChI is InChI=1S/C20H17ClN2O4S2/c1-14-6-11-17(12-19(14)23(24)25)29(26,27)22-18-4-2-3-5-20(18)28-13-15-7-9-16(21)10-8-15/h2-12,22H,13H2,1H3. The number of anilines is 1. The molecule has 0 heterocycles. The van der Waals surface area contributed by atoms with E-state index in [1.165, 1.54) is 23.9 Å². The molecule has 0 atom stereocenters. The van der Waals surface area contributed by atoms with Gasteiger partial charge in [0.1, 0.15) is 0 Å². The molecule has 0 unspecified atom stereocenters. The summed E-state index contributed by atoms with van der Waals surface area (Å²) in [5.74, 6) is 0.631. The second-order valence-corrected chi connectivity index (χ2v) is 9.36. The van der Waals surface area contributed by atoms with E-state index in [1.54, 1.807) is 31.2 Å². The van der Waals surface area contributed by atoms with Crippen molar-refractivity contribution in [2.24, 2.45) is 0 Å². The molecular weight excluding hydrogens is 432 g/mol. The van der Waals surface area contributed by atoms with Crippen LogP contribution >= 0.6 is 23.4 Å².